The highest BCUT2D eigenvalue weighted by molar-refractivity contribution is 7.89. The summed E-state index contributed by atoms with van der Waals surface area (Å²) in [7, 11) is -3.87. The average Bonchev–Trinajstić information content (AvgIpc) is 2.67. The van der Waals surface area contributed by atoms with Crippen LogP contribution in [0.1, 0.15) is 32.6 Å². The summed E-state index contributed by atoms with van der Waals surface area (Å²) in [6.45, 7) is 3.50. The topological polar surface area (TPSA) is 104 Å². The molecule has 1 saturated heterocycles. The molecule has 1 aliphatic rings. The predicted molar refractivity (Wildman–Crippen MR) is 115 cm³/mol. The third-order valence-corrected chi connectivity index (χ3v) is 7.02. The summed E-state index contributed by atoms with van der Waals surface area (Å²) in [6.07, 6.45) is 3.33. The van der Waals surface area contributed by atoms with Crippen molar-refractivity contribution in [1.82, 2.24) is 4.31 Å². The van der Waals surface area contributed by atoms with Gasteiger partial charge in [-0.1, -0.05) is 43.4 Å². The molecule has 1 fully saturated rings. The number of carbonyl (C=O) groups is 1. The van der Waals surface area contributed by atoms with Gasteiger partial charge in [-0.05, 0) is 24.6 Å². The molecule has 0 radical (unpaired) electrons. The molecule has 1 heterocycles. The van der Waals surface area contributed by atoms with Crippen LogP contribution in [-0.2, 0) is 14.8 Å². The SMILES string of the molecule is CCCCCC#CC(N)(CS(=O)(=O)N1CCN(c2cccc(Cl)c2)CC1)C(=O)O. The highest BCUT2D eigenvalue weighted by Crippen LogP contribution is 2.22. The Balaban J connectivity index is 2.03. The first-order chi connectivity index (χ1) is 13.7. The summed E-state index contributed by atoms with van der Waals surface area (Å²) < 4.78 is 26.9. The Morgan fingerprint density at radius 1 is 1.28 bits per heavy atom. The smallest absolute Gasteiger partial charge is 0.337 e. The number of unbranched alkanes of at least 4 members (excludes halogenated alkanes) is 3. The minimum Gasteiger partial charge on any atom is -0.479 e. The maximum atomic E-state index is 12.8. The second kappa shape index (κ2) is 10.3. The van der Waals surface area contributed by atoms with Crippen molar-refractivity contribution in [3.63, 3.8) is 0 Å². The summed E-state index contributed by atoms with van der Waals surface area (Å²) in [5.74, 6) is 3.06. The number of halogens is 1. The van der Waals surface area contributed by atoms with Gasteiger partial charge in [0.1, 0.15) is 5.75 Å². The number of carboxylic acids is 1. The van der Waals surface area contributed by atoms with Crippen LogP contribution in [0, 0.1) is 11.8 Å². The molecule has 9 heteroatoms. The van der Waals surface area contributed by atoms with E-state index < -0.39 is 27.3 Å². The van der Waals surface area contributed by atoms with Crippen LogP contribution in [0.2, 0.25) is 5.02 Å². The third-order valence-electron chi connectivity index (χ3n) is 4.81. The number of carboxylic acid groups (broad SMARTS) is 1. The Hall–Kier alpha value is -1.79. The number of anilines is 1. The van der Waals surface area contributed by atoms with Crippen LogP contribution >= 0.6 is 11.6 Å². The third kappa shape index (κ3) is 6.61. The van der Waals surface area contributed by atoms with Crippen molar-refractivity contribution in [2.75, 3.05) is 36.8 Å². The molecule has 7 nitrogen and oxygen atoms in total. The Morgan fingerprint density at radius 3 is 2.55 bits per heavy atom. The van der Waals surface area contributed by atoms with Crippen LogP contribution < -0.4 is 10.6 Å². The van der Waals surface area contributed by atoms with Crippen molar-refractivity contribution >= 4 is 33.3 Å². The number of rotatable bonds is 8. The lowest BCUT2D eigenvalue weighted by Gasteiger charge is -2.36. The van der Waals surface area contributed by atoms with E-state index in [1.165, 1.54) is 4.31 Å². The van der Waals surface area contributed by atoms with E-state index in [0.717, 1.165) is 24.9 Å². The van der Waals surface area contributed by atoms with Gasteiger partial charge in [-0.2, -0.15) is 4.31 Å². The quantitative estimate of drug-likeness (QED) is 0.473. The minimum atomic E-state index is -3.87. The zero-order valence-electron chi connectivity index (χ0n) is 16.6. The van der Waals surface area contributed by atoms with Crippen LogP contribution in [0.5, 0.6) is 0 Å². The first-order valence-electron chi connectivity index (χ1n) is 9.68. The molecule has 1 aromatic carbocycles. The second-order valence-electron chi connectivity index (χ2n) is 7.16. The number of hydrogen-bond acceptors (Lipinski definition) is 5. The van der Waals surface area contributed by atoms with Gasteiger partial charge in [0.05, 0.1) is 0 Å². The van der Waals surface area contributed by atoms with Crippen LogP contribution in [0.4, 0.5) is 5.69 Å². The molecule has 29 heavy (non-hydrogen) atoms. The molecule has 0 amide bonds. The molecule has 1 atom stereocenters. The molecule has 160 valence electrons. The number of aliphatic carboxylic acids is 1. The monoisotopic (exact) mass is 441 g/mol. The molecule has 3 N–H and O–H groups in total. The summed E-state index contributed by atoms with van der Waals surface area (Å²) in [6, 6.07) is 7.37. The van der Waals surface area contributed by atoms with Gasteiger partial charge in [-0.15, -0.1) is 5.92 Å². The van der Waals surface area contributed by atoms with Crippen LogP contribution in [0.15, 0.2) is 24.3 Å². The van der Waals surface area contributed by atoms with Crippen molar-refractivity contribution in [1.29, 1.82) is 0 Å². The number of nitrogens with two attached hydrogens (primary N) is 1. The lowest BCUT2D eigenvalue weighted by atomic mass is 10.0. The van der Waals surface area contributed by atoms with Crippen molar-refractivity contribution in [3.05, 3.63) is 29.3 Å². The normalized spacial score (nSPS) is 17.3. The van der Waals surface area contributed by atoms with E-state index in [0.29, 0.717) is 24.5 Å². The summed E-state index contributed by atoms with van der Waals surface area (Å²) in [5, 5.41) is 10.1. The maximum Gasteiger partial charge on any atom is 0.337 e. The van der Waals surface area contributed by atoms with Crippen molar-refractivity contribution in [2.45, 2.75) is 38.1 Å². The highest BCUT2D eigenvalue weighted by Gasteiger charge is 2.40. The van der Waals surface area contributed by atoms with E-state index in [4.69, 9.17) is 17.3 Å². The number of nitrogens with zero attached hydrogens (tertiary/aromatic N) is 2. The Morgan fingerprint density at radius 2 is 1.97 bits per heavy atom. The van der Waals surface area contributed by atoms with E-state index in [2.05, 4.69) is 18.8 Å². The highest BCUT2D eigenvalue weighted by atomic mass is 35.5. The number of piperazine rings is 1. The van der Waals surface area contributed by atoms with Gasteiger partial charge in [0.25, 0.3) is 0 Å². The molecule has 1 aromatic rings. The van der Waals surface area contributed by atoms with Crippen molar-refractivity contribution < 1.29 is 18.3 Å². The number of hydrogen-bond donors (Lipinski definition) is 2. The van der Waals surface area contributed by atoms with Crippen LogP contribution in [0.3, 0.4) is 0 Å². The van der Waals surface area contributed by atoms with Gasteiger partial charge < -0.3 is 15.7 Å². The van der Waals surface area contributed by atoms with E-state index in [1.54, 1.807) is 6.07 Å². The number of benzene rings is 1. The van der Waals surface area contributed by atoms with E-state index in [-0.39, 0.29) is 13.1 Å². The molecular weight excluding hydrogens is 414 g/mol. The summed E-state index contributed by atoms with van der Waals surface area (Å²) in [5.41, 5.74) is 4.69. The molecule has 0 spiro atoms. The Bertz CT molecular complexity index is 873. The van der Waals surface area contributed by atoms with E-state index in [1.807, 2.05) is 23.1 Å². The molecule has 0 bridgehead atoms. The van der Waals surface area contributed by atoms with Crippen molar-refractivity contribution in [3.8, 4) is 11.8 Å². The molecule has 0 aromatic heterocycles. The maximum absolute atomic E-state index is 12.8. The lowest BCUT2D eigenvalue weighted by Crippen LogP contribution is -2.57. The Kier molecular flexibility index (Phi) is 8.34. The first kappa shape index (κ1) is 23.5. The van der Waals surface area contributed by atoms with Crippen LogP contribution in [-0.4, -0.2) is 61.3 Å². The second-order valence-corrected chi connectivity index (χ2v) is 9.56. The Labute approximate surface area is 177 Å². The molecular formula is C20H28ClN3O4S. The first-order valence-corrected chi connectivity index (χ1v) is 11.7. The number of sulfonamides is 1. The summed E-state index contributed by atoms with van der Waals surface area (Å²) in [4.78, 5) is 13.7. The zero-order chi connectivity index (χ0) is 21.5. The fourth-order valence-corrected chi connectivity index (χ4v) is 4.97. The van der Waals surface area contributed by atoms with Gasteiger partial charge in [-0.25, -0.2) is 13.2 Å². The van der Waals surface area contributed by atoms with Crippen LogP contribution in [0.25, 0.3) is 0 Å². The summed E-state index contributed by atoms with van der Waals surface area (Å²) >= 11 is 6.02. The standard InChI is InChI=1S/C20H28ClN3O4S/c1-2-3-4-5-6-10-20(22,19(25)26)16-29(27,28)24-13-11-23(12-14-24)18-9-7-8-17(21)15-18/h7-9,15H,2-5,11-14,16,22H2,1H3,(H,25,26). The van der Waals surface area contributed by atoms with E-state index in [9.17, 15) is 18.3 Å². The zero-order valence-corrected chi connectivity index (χ0v) is 18.2. The molecule has 1 unspecified atom stereocenters. The van der Waals surface area contributed by atoms with E-state index >= 15 is 0 Å². The van der Waals surface area contributed by atoms with Gasteiger partial charge in [0.2, 0.25) is 10.0 Å². The molecule has 1 aliphatic heterocycles. The molecule has 2 rings (SSSR count). The fourth-order valence-electron chi connectivity index (χ4n) is 3.11. The van der Waals surface area contributed by atoms with Gasteiger partial charge in [-0.3, -0.25) is 0 Å². The lowest BCUT2D eigenvalue weighted by molar-refractivity contribution is -0.140. The predicted octanol–water partition coefficient (Wildman–Crippen LogP) is 2.16. The fraction of sp³-hybridized carbons (Fsp3) is 0.550. The molecule has 0 aliphatic carbocycles. The average molecular weight is 442 g/mol. The molecule has 0 saturated carbocycles. The minimum absolute atomic E-state index is 0.245. The van der Waals surface area contributed by atoms with Crippen molar-refractivity contribution in [2.24, 2.45) is 5.73 Å². The van der Waals surface area contributed by atoms with Gasteiger partial charge in [0, 0.05) is 43.3 Å². The largest absolute Gasteiger partial charge is 0.479 e. The van der Waals surface area contributed by atoms with Gasteiger partial charge >= 0.3 is 5.97 Å². The van der Waals surface area contributed by atoms with Gasteiger partial charge in [0.15, 0.2) is 5.54 Å².